The highest BCUT2D eigenvalue weighted by atomic mass is 16.5. The maximum absolute atomic E-state index is 5.33. The van der Waals surface area contributed by atoms with Crippen molar-refractivity contribution in [2.75, 3.05) is 33.4 Å². The van der Waals surface area contributed by atoms with Gasteiger partial charge in [-0.1, -0.05) is 0 Å². The van der Waals surface area contributed by atoms with E-state index in [1.165, 1.54) is 5.56 Å². The predicted octanol–water partition coefficient (Wildman–Crippen LogP) is 1.30. The highest BCUT2D eigenvalue weighted by molar-refractivity contribution is 5.13. The van der Waals surface area contributed by atoms with Gasteiger partial charge in [0.25, 0.3) is 0 Å². The molecule has 0 unspecified atom stereocenters. The minimum atomic E-state index is 0.777. The van der Waals surface area contributed by atoms with Gasteiger partial charge in [-0.3, -0.25) is 0 Å². The first-order valence-electron chi connectivity index (χ1n) is 5.78. The maximum atomic E-state index is 5.33. The topological polar surface area (TPSA) is 46.4 Å². The molecular formula is C12H22N2O2. The van der Waals surface area contributed by atoms with Crippen molar-refractivity contribution in [1.82, 2.24) is 10.6 Å². The van der Waals surface area contributed by atoms with Crippen molar-refractivity contribution >= 4 is 0 Å². The van der Waals surface area contributed by atoms with Crippen molar-refractivity contribution in [3.8, 4) is 0 Å². The van der Waals surface area contributed by atoms with E-state index in [0.29, 0.717) is 0 Å². The molecule has 1 heterocycles. The molecule has 4 nitrogen and oxygen atoms in total. The van der Waals surface area contributed by atoms with E-state index >= 15 is 0 Å². The molecule has 0 bridgehead atoms. The Hall–Kier alpha value is -0.840. The minimum Gasteiger partial charge on any atom is -0.468 e. The standard InChI is InChI=1S/C12H22N2O2/c1-11-4-8-16-12(11)10-14-6-3-5-13-7-9-15-2/h4,8,13-14H,3,5-7,9-10H2,1-2H3. The summed E-state index contributed by atoms with van der Waals surface area (Å²) < 4.78 is 10.3. The van der Waals surface area contributed by atoms with Gasteiger partial charge in [-0.05, 0) is 38.1 Å². The molecule has 1 aromatic heterocycles. The van der Waals surface area contributed by atoms with Crippen molar-refractivity contribution in [3.63, 3.8) is 0 Å². The fourth-order valence-corrected chi connectivity index (χ4v) is 1.42. The van der Waals surface area contributed by atoms with E-state index in [1.54, 1.807) is 13.4 Å². The SMILES string of the molecule is COCCNCCCNCc1occc1C. The lowest BCUT2D eigenvalue weighted by atomic mass is 10.3. The third kappa shape index (κ3) is 5.30. The summed E-state index contributed by atoms with van der Waals surface area (Å²) in [6.45, 7) is 6.60. The van der Waals surface area contributed by atoms with E-state index in [2.05, 4.69) is 17.6 Å². The molecular weight excluding hydrogens is 204 g/mol. The number of methoxy groups -OCH3 is 1. The molecule has 1 aromatic rings. The number of furan rings is 1. The van der Waals surface area contributed by atoms with Crippen LogP contribution in [0.3, 0.4) is 0 Å². The highest BCUT2D eigenvalue weighted by Crippen LogP contribution is 2.07. The van der Waals surface area contributed by atoms with E-state index < -0.39 is 0 Å². The summed E-state index contributed by atoms with van der Waals surface area (Å²) in [6.07, 6.45) is 2.85. The fraction of sp³-hybridized carbons (Fsp3) is 0.667. The summed E-state index contributed by atoms with van der Waals surface area (Å²) >= 11 is 0. The first-order valence-corrected chi connectivity index (χ1v) is 5.78. The number of hydrogen-bond donors (Lipinski definition) is 2. The van der Waals surface area contributed by atoms with Crippen LogP contribution in [0, 0.1) is 6.92 Å². The van der Waals surface area contributed by atoms with Crippen molar-refractivity contribution < 1.29 is 9.15 Å². The van der Waals surface area contributed by atoms with Gasteiger partial charge >= 0.3 is 0 Å². The molecule has 1 rings (SSSR count). The van der Waals surface area contributed by atoms with Gasteiger partial charge in [0.2, 0.25) is 0 Å². The Morgan fingerprint density at radius 3 is 2.75 bits per heavy atom. The lowest BCUT2D eigenvalue weighted by Crippen LogP contribution is -2.24. The zero-order valence-corrected chi connectivity index (χ0v) is 10.2. The number of ether oxygens (including phenoxy) is 1. The van der Waals surface area contributed by atoms with Crippen molar-refractivity contribution in [2.24, 2.45) is 0 Å². The lowest BCUT2D eigenvalue weighted by Gasteiger charge is -2.05. The van der Waals surface area contributed by atoms with Crippen molar-refractivity contribution in [1.29, 1.82) is 0 Å². The Labute approximate surface area is 97.4 Å². The molecule has 0 saturated heterocycles. The number of aryl methyl sites for hydroxylation is 1. The normalized spacial score (nSPS) is 10.9. The van der Waals surface area contributed by atoms with Gasteiger partial charge in [-0.15, -0.1) is 0 Å². The molecule has 0 atom stereocenters. The second kappa shape index (κ2) is 8.33. The molecule has 0 aromatic carbocycles. The Morgan fingerprint density at radius 2 is 2.06 bits per heavy atom. The first-order chi connectivity index (χ1) is 7.84. The molecule has 0 saturated carbocycles. The summed E-state index contributed by atoms with van der Waals surface area (Å²) in [5.41, 5.74) is 1.21. The van der Waals surface area contributed by atoms with Gasteiger partial charge in [-0.2, -0.15) is 0 Å². The molecule has 0 aliphatic carbocycles. The first kappa shape index (κ1) is 13.2. The van der Waals surface area contributed by atoms with Gasteiger partial charge in [-0.25, -0.2) is 0 Å². The zero-order valence-electron chi connectivity index (χ0n) is 10.2. The Balaban J connectivity index is 1.91. The molecule has 0 spiro atoms. The zero-order chi connectivity index (χ0) is 11.6. The van der Waals surface area contributed by atoms with E-state index in [9.17, 15) is 0 Å². The van der Waals surface area contributed by atoms with Crippen LogP contribution in [0.15, 0.2) is 16.7 Å². The third-order valence-electron chi connectivity index (χ3n) is 2.44. The Morgan fingerprint density at radius 1 is 1.25 bits per heavy atom. The van der Waals surface area contributed by atoms with E-state index in [1.807, 2.05) is 6.07 Å². The Bertz CT molecular complexity index is 274. The quantitative estimate of drug-likeness (QED) is 0.623. The van der Waals surface area contributed by atoms with Crippen LogP contribution in [0.1, 0.15) is 17.7 Å². The molecule has 4 heteroatoms. The van der Waals surface area contributed by atoms with Gasteiger partial charge < -0.3 is 19.8 Å². The molecule has 0 aliphatic heterocycles. The monoisotopic (exact) mass is 226 g/mol. The summed E-state index contributed by atoms with van der Waals surface area (Å²) in [4.78, 5) is 0. The van der Waals surface area contributed by atoms with Crippen LogP contribution in [0.25, 0.3) is 0 Å². The van der Waals surface area contributed by atoms with Crippen LogP contribution >= 0.6 is 0 Å². The molecule has 0 aliphatic rings. The van der Waals surface area contributed by atoms with E-state index in [-0.39, 0.29) is 0 Å². The number of rotatable bonds is 9. The number of nitrogens with one attached hydrogen (secondary N) is 2. The highest BCUT2D eigenvalue weighted by Gasteiger charge is 1.99. The van der Waals surface area contributed by atoms with Crippen LogP contribution < -0.4 is 10.6 Å². The maximum Gasteiger partial charge on any atom is 0.120 e. The van der Waals surface area contributed by atoms with Gasteiger partial charge in [0.15, 0.2) is 0 Å². The van der Waals surface area contributed by atoms with E-state index in [4.69, 9.17) is 9.15 Å². The summed E-state index contributed by atoms with van der Waals surface area (Å²) in [7, 11) is 1.72. The fourth-order valence-electron chi connectivity index (χ4n) is 1.42. The minimum absolute atomic E-state index is 0.777. The molecule has 2 N–H and O–H groups in total. The molecule has 0 amide bonds. The van der Waals surface area contributed by atoms with E-state index in [0.717, 1.165) is 45.0 Å². The second-order valence-electron chi connectivity index (χ2n) is 3.80. The van der Waals surface area contributed by atoms with Crippen LogP contribution in [0.4, 0.5) is 0 Å². The Kier molecular flexibility index (Phi) is 6.88. The van der Waals surface area contributed by atoms with Crippen LogP contribution in [-0.4, -0.2) is 33.4 Å². The number of hydrogen-bond acceptors (Lipinski definition) is 4. The average Bonchev–Trinajstić information content (AvgIpc) is 2.68. The van der Waals surface area contributed by atoms with Gasteiger partial charge in [0.1, 0.15) is 5.76 Å². The van der Waals surface area contributed by atoms with Crippen LogP contribution in [-0.2, 0) is 11.3 Å². The van der Waals surface area contributed by atoms with Crippen molar-refractivity contribution in [3.05, 3.63) is 23.7 Å². The van der Waals surface area contributed by atoms with Crippen LogP contribution in [0.5, 0.6) is 0 Å². The lowest BCUT2D eigenvalue weighted by molar-refractivity contribution is 0.199. The molecule has 0 radical (unpaired) electrons. The molecule has 92 valence electrons. The van der Waals surface area contributed by atoms with Crippen LogP contribution in [0.2, 0.25) is 0 Å². The second-order valence-corrected chi connectivity index (χ2v) is 3.80. The third-order valence-corrected chi connectivity index (χ3v) is 2.44. The van der Waals surface area contributed by atoms with Gasteiger partial charge in [0, 0.05) is 13.7 Å². The predicted molar refractivity (Wildman–Crippen MR) is 64.5 cm³/mol. The summed E-state index contributed by atoms with van der Waals surface area (Å²) in [5.74, 6) is 1.03. The van der Waals surface area contributed by atoms with Crippen molar-refractivity contribution in [2.45, 2.75) is 19.9 Å². The summed E-state index contributed by atoms with van der Waals surface area (Å²) in [6, 6.07) is 1.99. The summed E-state index contributed by atoms with van der Waals surface area (Å²) in [5, 5.41) is 6.66. The average molecular weight is 226 g/mol. The molecule has 0 fully saturated rings. The smallest absolute Gasteiger partial charge is 0.120 e. The largest absolute Gasteiger partial charge is 0.468 e. The molecule has 16 heavy (non-hydrogen) atoms. The van der Waals surface area contributed by atoms with Gasteiger partial charge in [0.05, 0.1) is 19.4 Å².